The molecule has 0 saturated heterocycles. The molecule has 0 heterocycles. The third kappa shape index (κ3) is 62.7. The van der Waals surface area contributed by atoms with Crippen molar-refractivity contribution in [1.82, 2.24) is 5.32 Å². The highest BCUT2D eigenvalue weighted by atomic mass is 16.6. The van der Waals surface area contributed by atoms with E-state index in [9.17, 15) is 24.0 Å². The van der Waals surface area contributed by atoms with Crippen molar-refractivity contribution in [3.05, 3.63) is 12.2 Å². The van der Waals surface area contributed by atoms with E-state index in [4.69, 9.17) is 18.9 Å². The number of amides is 1. The van der Waals surface area contributed by atoms with Crippen LogP contribution in [-0.4, -0.2) is 61.8 Å². The van der Waals surface area contributed by atoms with Crippen molar-refractivity contribution in [3.8, 4) is 0 Å². The highest BCUT2D eigenvalue weighted by Crippen LogP contribution is 2.38. The van der Waals surface area contributed by atoms with Crippen LogP contribution >= 0.6 is 0 Å². The molecular formula is C76H149NO9. The van der Waals surface area contributed by atoms with Gasteiger partial charge in [0.05, 0.1) is 6.04 Å². The SMILES string of the molecule is CC.CC.CCCCCC(C)(C)CCC(C)(C)CCCC(=O)OC(COC(C)=O)COC(=O)CCCCC(C)CC(C)(C)CCCCC.CCCCCCCCCCCCCCC/C=C/CC(COC(C)=O)NC(=O)CC(C)(C)CCC(C)(C)CC. The smallest absolute Gasteiger partial charge is 0.306 e. The number of rotatable bonds is 52. The summed E-state index contributed by atoms with van der Waals surface area (Å²) in [6, 6.07) is -0.169. The molecule has 0 aliphatic heterocycles. The summed E-state index contributed by atoms with van der Waals surface area (Å²) >= 11 is 0. The number of esters is 4. The summed E-state index contributed by atoms with van der Waals surface area (Å²) < 4.78 is 21.3. The van der Waals surface area contributed by atoms with Gasteiger partial charge in [0.2, 0.25) is 5.91 Å². The fraction of sp³-hybridized carbons (Fsp3) is 0.908. The average Bonchev–Trinajstić information content (AvgIpc) is 3.64. The number of hydrogen-bond donors (Lipinski definition) is 1. The predicted molar refractivity (Wildman–Crippen MR) is 369 cm³/mol. The maximum absolute atomic E-state index is 12.8. The molecule has 0 aromatic carbocycles. The molecule has 0 aliphatic rings. The van der Waals surface area contributed by atoms with Crippen LogP contribution in [0.15, 0.2) is 12.2 Å². The maximum Gasteiger partial charge on any atom is 0.306 e. The Hall–Kier alpha value is -2.91. The van der Waals surface area contributed by atoms with Gasteiger partial charge in [-0.05, 0) is 116 Å². The Morgan fingerprint density at radius 3 is 1.35 bits per heavy atom. The minimum absolute atomic E-state index is 0.0475. The minimum Gasteiger partial charge on any atom is -0.464 e. The lowest BCUT2D eigenvalue weighted by molar-refractivity contribution is -0.166. The van der Waals surface area contributed by atoms with Crippen LogP contribution in [0, 0.1) is 33.0 Å². The first-order valence-corrected chi connectivity index (χ1v) is 36.1. The minimum atomic E-state index is -0.790. The van der Waals surface area contributed by atoms with Gasteiger partial charge >= 0.3 is 23.9 Å². The Balaban J connectivity index is -0.000000746. The zero-order valence-electron chi connectivity index (χ0n) is 61.3. The number of carbonyl (C=O) groups is 5. The molecule has 0 aliphatic carbocycles. The summed E-state index contributed by atoms with van der Waals surface area (Å²) in [5.74, 6) is -0.738. The van der Waals surface area contributed by atoms with E-state index in [-0.39, 0.29) is 60.5 Å². The highest BCUT2D eigenvalue weighted by molar-refractivity contribution is 5.77. The molecule has 0 bridgehead atoms. The first-order chi connectivity index (χ1) is 40.5. The molecule has 0 aromatic rings. The van der Waals surface area contributed by atoms with E-state index >= 15 is 0 Å². The summed E-state index contributed by atoms with van der Waals surface area (Å²) in [5, 5.41) is 3.12. The van der Waals surface area contributed by atoms with Crippen molar-refractivity contribution in [1.29, 1.82) is 0 Å². The molecule has 3 atom stereocenters. The van der Waals surface area contributed by atoms with E-state index in [0.29, 0.717) is 47.8 Å². The third-order valence-electron chi connectivity index (χ3n) is 17.0. The second-order valence-corrected chi connectivity index (χ2v) is 29.1. The van der Waals surface area contributed by atoms with E-state index < -0.39 is 12.1 Å². The predicted octanol–water partition coefficient (Wildman–Crippen LogP) is 22.9. The van der Waals surface area contributed by atoms with Gasteiger partial charge < -0.3 is 24.3 Å². The van der Waals surface area contributed by atoms with Gasteiger partial charge in [-0.2, -0.15) is 0 Å². The lowest BCUT2D eigenvalue weighted by Crippen LogP contribution is -2.40. The van der Waals surface area contributed by atoms with E-state index in [2.05, 4.69) is 121 Å². The summed E-state index contributed by atoms with van der Waals surface area (Å²) in [6.45, 7) is 45.0. The summed E-state index contributed by atoms with van der Waals surface area (Å²) in [6.07, 6.45) is 45.8. The van der Waals surface area contributed by atoms with Gasteiger partial charge in [-0.25, -0.2) is 0 Å². The Morgan fingerprint density at radius 1 is 0.430 bits per heavy atom. The zero-order chi connectivity index (χ0) is 66.4. The van der Waals surface area contributed by atoms with E-state index in [1.165, 1.54) is 162 Å². The Morgan fingerprint density at radius 2 is 0.849 bits per heavy atom. The largest absolute Gasteiger partial charge is 0.464 e. The summed E-state index contributed by atoms with van der Waals surface area (Å²) in [5.41, 5.74) is 1.12. The third-order valence-corrected chi connectivity index (χ3v) is 17.0. The number of unbranched alkanes of at least 4 members (excludes halogenated alkanes) is 18. The molecule has 512 valence electrons. The van der Waals surface area contributed by atoms with E-state index in [0.717, 1.165) is 64.2 Å². The normalized spacial score (nSPS) is 13.0. The van der Waals surface area contributed by atoms with Crippen molar-refractivity contribution in [3.63, 3.8) is 0 Å². The Kier molecular flexibility index (Phi) is 58.4. The van der Waals surface area contributed by atoms with Crippen LogP contribution in [-0.2, 0) is 42.9 Å². The molecule has 10 heteroatoms. The van der Waals surface area contributed by atoms with Gasteiger partial charge in [0.1, 0.15) is 19.8 Å². The van der Waals surface area contributed by atoms with Crippen LogP contribution in [0.5, 0.6) is 0 Å². The number of hydrogen-bond acceptors (Lipinski definition) is 9. The molecule has 0 rings (SSSR count). The fourth-order valence-electron chi connectivity index (χ4n) is 10.8. The topological polar surface area (TPSA) is 134 Å². The average molecular weight is 1220 g/mol. The van der Waals surface area contributed by atoms with Crippen molar-refractivity contribution in [2.24, 2.45) is 33.0 Å². The molecular weight excluding hydrogens is 1070 g/mol. The quantitative estimate of drug-likeness (QED) is 0.0273. The molecule has 0 saturated carbocycles. The molecule has 0 radical (unpaired) electrons. The second kappa shape index (κ2) is 56.1. The van der Waals surface area contributed by atoms with Crippen molar-refractivity contribution >= 4 is 29.8 Å². The zero-order valence-corrected chi connectivity index (χ0v) is 61.3. The van der Waals surface area contributed by atoms with Gasteiger partial charge in [0.25, 0.3) is 0 Å². The van der Waals surface area contributed by atoms with Crippen molar-refractivity contribution in [2.45, 2.75) is 395 Å². The summed E-state index contributed by atoms with van der Waals surface area (Å²) in [7, 11) is 0. The molecule has 3 unspecified atom stereocenters. The van der Waals surface area contributed by atoms with Crippen LogP contribution in [0.2, 0.25) is 0 Å². The number of allylic oxidation sites excluding steroid dienone is 1. The van der Waals surface area contributed by atoms with Crippen molar-refractivity contribution in [2.75, 3.05) is 19.8 Å². The standard InChI is InChI=1S/C38H72O6.C34H65NO3.2C2H6/c1-11-13-17-23-36(5,6)26-27-37(7,8)25-19-22-35(41)44-33(29-42-32(4)39)30-43-34(40)21-16-15-20-31(3)28-38(9,10)24-18-14-12-2;1-8-10-11-12-13-14-15-16-17-18-19-20-21-22-23-24-25-31(29-38-30(3)36)35-32(37)28-34(6,7)27-26-33(4,5)9-2;2*1-2/h31,33H,11-30H2,1-10H3;23-24,31H,8-22,25-29H2,1-7H3,(H,35,37);2*1-2H3/b;24-23+;;. The Bertz CT molecular complexity index is 1650. The molecule has 10 nitrogen and oxygen atoms in total. The summed E-state index contributed by atoms with van der Waals surface area (Å²) in [4.78, 5) is 60.6. The van der Waals surface area contributed by atoms with Crippen LogP contribution in [0.1, 0.15) is 383 Å². The van der Waals surface area contributed by atoms with Crippen LogP contribution < -0.4 is 5.32 Å². The van der Waals surface area contributed by atoms with E-state index in [1.807, 2.05) is 27.7 Å². The molecule has 1 amide bonds. The van der Waals surface area contributed by atoms with Crippen LogP contribution in [0.25, 0.3) is 0 Å². The van der Waals surface area contributed by atoms with Gasteiger partial charge in [0.15, 0.2) is 6.10 Å². The van der Waals surface area contributed by atoms with Gasteiger partial charge in [-0.15, -0.1) is 0 Å². The first kappa shape index (κ1) is 89.5. The number of carbonyl (C=O) groups excluding carboxylic acids is 5. The van der Waals surface area contributed by atoms with Crippen molar-refractivity contribution < 1.29 is 42.9 Å². The number of ether oxygens (including phenoxy) is 4. The molecule has 1 N–H and O–H groups in total. The van der Waals surface area contributed by atoms with Crippen LogP contribution in [0.4, 0.5) is 0 Å². The molecule has 86 heavy (non-hydrogen) atoms. The number of nitrogens with one attached hydrogen (secondary N) is 1. The van der Waals surface area contributed by atoms with Gasteiger partial charge in [0, 0.05) is 33.1 Å². The monoisotopic (exact) mass is 1220 g/mol. The van der Waals surface area contributed by atoms with Gasteiger partial charge in [-0.3, -0.25) is 24.0 Å². The Labute approximate surface area is 535 Å². The van der Waals surface area contributed by atoms with Gasteiger partial charge in [-0.1, -0.05) is 279 Å². The van der Waals surface area contributed by atoms with E-state index in [1.54, 1.807) is 0 Å². The maximum atomic E-state index is 12.8. The lowest BCUT2D eigenvalue weighted by atomic mass is 9.74. The molecule has 0 aromatic heterocycles. The second-order valence-electron chi connectivity index (χ2n) is 29.1. The van der Waals surface area contributed by atoms with Crippen LogP contribution in [0.3, 0.4) is 0 Å². The highest BCUT2D eigenvalue weighted by Gasteiger charge is 2.28. The lowest BCUT2D eigenvalue weighted by Gasteiger charge is -2.31. The first-order valence-electron chi connectivity index (χ1n) is 36.1. The molecule has 0 spiro atoms. The fourth-order valence-corrected chi connectivity index (χ4v) is 10.8. The molecule has 0 fully saturated rings.